The van der Waals surface area contributed by atoms with Crippen LogP contribution < -0.4 is 5.32 Å². The number of hydrogen-bond donors (Lipinski definition) is 2. The summed E-state index contributed by atoms with van der Waals surface area (Å²) in [6.45, 7) is 5.60. The van der Waals surface area contributed by atoms with Crippen LogP contribution in [0.2, 0.25) is 0 Å². The zero-order chi connectivity index (χ0) is 17.7. The molecule has 1 heterocycles. The molecule has 128 valence electrons. The second-order valence-electron chi connectivity index (χ2n) is 5.85. The van der Waals surface area contributed by atoms with Crippen LogP contribution in [0.25, 0.3) is 11.3 Å². The van der Waals surface area contributed by atoms with E-state index in [9.17, 15) is 9.59 Å². The zero-order valence-corrected chi connectivity index (χ0v) is 15.4. The largest absolute Gasteiger partial charge is 0.451 e. The van der Waals surface area contributed by atoms with Crippen LogP contribution in [0.5, 0.6) is 0 Å². The first kappa shape index (κ1) is 18.2. The van der Waals surface area contributed by atoms with Crippen molar-refractivity contribution in [3.05, 3.63) is 40.5 Å². The average molecular weight is 394 g/mol. The molecule has 0 bridgehead atoms. The molecule has 2 aromatic rings. The second-order valence-corrected chi connectivity index (χ2v) is 6.77. The number of benzene rings is 1. The third-order valence-corrected chi connectivity index (χ3v) is 4.19. The number of aromatic nitrogens is 2. The molecule has 6 nitrogen and oxygen atoms in total. The Labute approximate surface area is 149 Å². The fraction of sp³-hybridized carbons (Fsp3) is 0.353. The maximum Gasteiger partial charge on any atom is 0.356 e. The van der Waals surface area contributed by atoms with Gasteiger partial charge in [-0.1, -0.05) is 41.9 Å². The zero-order valence-electron chi connectivity index (χ0n) is 13.8. The van der Waals surface area contributed by atoms with Gasteiger partial charge in [-0.15, -0.1) is 0 Å². The Kier molecular flexibility index (Phi) is 6.14. The summed E-state index contributed by atoms with van der Waals surface area (Å²) in [7, 11) is 0. The Hall–Kier alpha value is -2.15. The quantitative estimate of drug-likeness (QED) is 0.738. The van der Waals surface area contributed by atoms with Gasteiger partial charge in [0.25, 0.3) is 5.91 Å². The van der Waals surface area contributed by atoms with Crippen LogP contribution in [-0.2, 0) is 9.53 Å². The number of esters is 1. The van der Waals surface area contributed by atoms with E-state index in [0.717, 1.165) is 10.0 Å². The molecule has 0 saturated heterocycles. The predicted octanol–water partition coefficient (Wildman–Crippen LogP) is 3.16. The van der Waals surface area contributed by atoms with Crippen LogP contribution in [0.3, 0.4) is 0 Å². The minimum absolute atomic E-state index is 0.0207. The van der Waals surface area contributed by atoms with E-state index in [2.05, 4.69) is 31.4 Å². The Bertz CT molecular complexity index is 710. The SMILES string of the molecule is CC(C)C(C)NC(=O)COC(=O)c1cc(-c2ccc(Br)cc2)n[nH]1. The van der Waals surface area contributed by atoms with Gasteiger partial charge >= 0.3 is 5.97 Å². The van der Waals surface area contributed by atoms with Crippen molar-refractivity contribution in [3.63, 3.8) is 0 Å². The Morgan fingerprint density at radius 3 is 2.54 bits per heavy atom. The van der Waals surface area contributed by atoms with E-state index in [1.807, 2.05) is 45.0 Å². The molecule has 0 saturated carbocycles. The average Bonchev–Trinajstić information content (AvgIpc) is 3.03. The number of ether oxygens (including phenoxy) is 1. The number of rotatable bonds is 6. The summed E-state index contributed by atoms with van der Waals surface area (Å²) >= 11 is 3.37. The Balaban J connectivity index is 1.92. The molecule has 1 aromatic heterocycles. The maximum atomic E-state index is 12.0. The molecule has 1 unspecified atom stereocenters. The van der Waals surface area contributed by atoms with E-state index in [4.69, 9.17) is 4.74 Å². The molecule has 7 heteroatoms. The minimum atomic E-state index is -0.613. The van der Waals surface area contributed by atoms with Crippen LogP contribution in [0.4, 0.5) is 0 Å². The summed E-state index contributed by atoms with van der Waals surface area (Å²) in [6, 6.07) is 9.17. The van der Waals surface area contributed by atoms with Gasteiger partial charge in [0.15, 0.2) is 6.61 Å². The normalized spacial score (nSPS) is 12.0. The van der Waals surface area contributed by atoms with Crippen molar-refractivity contribution in [1.29, 1.82) is 0 Å². The summed E-state index contributed by atoms with van der Waals surface area (Å²) in [5.41, 5.74) is 1.71. The van der Waals surface area contributed by atoms with Gasteiger partial charge in [-0.25, -0.2) is 4.79 Å². The van der Waals surface area contributed by atoms with E-state index >= 15 is 0 Å². The lowest BCUT2D eigenvalue weighted by Gasteiger charge is -2.17. The lowest BCUT2D eigenvalue weighted by atomic mass is 10.1. The first-order valence-electron chi connectivity index (χ1n) is 7.64. The molecular weight excluding hydrogens is 374 g/mol. The van der Waals surface area contributed by atoms with Crippen molar-refractivity contribution in [2.24, 2.45) is 5.92 Å². The van der Waals surface area contributed by atoms with Gasteiger partial charge in [0.05, 0.1) is 5.69 Å². The van der Waals surface area contributed by atoms with Gasteiger partial charge in [0.2, 0.25) is 0 Å². The summed E-state index contributed by atoms with van der Waals surface area (Å²) in [5.74, 6) is -0.624. The van der Waals surface area contributed by atoms with E-state index in [1.54, 1.807) is 6.07 Å². The third kappa shape index (κ3) is 4.92. The number of aromatic amines is 1. The van der Waals surface area contributed by atoms with Crippen LogP contribution >= 0.6 is 15.9 Å². The first-order valence-corrected chi connectivity index (χ1v) is 8.44. The number of hydrogen-bond acceptors (Lipinski definition) is 4. The third-order valence-electron chi connectivity index (χ3n) is 3.66. The van der Waals surface area contributed by atoms with Crippen molar-refractivity contribution >= 4 is 27.8 Å². The number of H-pyrrole nitrogens is 1. The summed E-state index contributed by atoms with van der Waals surface area (Å²) in [6.07, 6.45) is 0. The Morgan fingerprint density at radius 1 is 1.25 bits per heavy atom. The second kappa shape index (κ2) is 8.10. The molecule has 1 atom stereocenters. The standard InChI is InChI=1S/C17H20BrN3O3/c1-10(2)11(3)19-16(22)9-24-17(23)15-8-14(20-21-15)12-4-6-13(18)7-5-12/h4-8,10-11H,9H2,1-3H3,(H,19,22)(H,20,21). The van der Waals surface area contributed by atoms with E-state index < -0.39 is 5.97 Å². The van der Waals surface area contributed by atoms with Crippen LogP contribution in [-0.4, -0.2) is 34.7 Å². The van der Waals surface area contributed by atoms with Crippen molar-refractivity contribution < 1.29 is 14.3 Å². The molecule has 0 aliphatic heterocycles. The fourth-order valence-corrected chi connectivity index (χ4v) is 2.13. The highest BCUT2D eigenvalue weighted by Gasteiger charge is 2.16. The molecule has 0 aliphatic rings. The lowest BCUT2D eigenvalue weighted by molar-refractivity contribution is -0.125. The first-order chi connectivity index (χ1) is 11.4. The summed E-state index contributed by atoms with van der Waals surface area (Å²) in [4.78, 5) is 23.7. The number of carbonyl (C=O) groups excluding carboxylic acids is 2. The summed E-state index contributed by atoms with van der Waals surface area (Å²) < 4.78 is 5.97. The highest BCUT2D eigenvalue weighted by atomic mass is 79.9. The molecular formula is C17H20BrN3O3. The lowest BCUT2D eigenvalue weighted by Crippen LogP contribution is -2.38. The highest BCUT2D eigenvalue weighted by molar-refractivity contribution is 9.10. The highest BCUT2D eigenvalue weighted by Crippen LogP contribution is 2.20. The molecule has 24 heavy (non-hydrogen) atoms. The number of nitrogens with zero attached hydrogens (tertiary/aromatic N) is 1. The van der Waals surface area contributed by atoms with E-state index in [0.29, 0.717) is 11.6 Å². The van der Waals surface area contributed by atoms with Crippen molar-refractivity contribution in [3.8, 4) is 11.3 Å². The fourth-order valence-electron chi connectivity index (χ4n) is 1.87. The van der Waals surface area contributed by atoms with Gasteiger partial charge in [-0.2, -0.15) is 5.10 Å². The van der Waals surface area contributed by atoms with Gasteiger partial charge in [0, 0.05) is 16.1 Å². The van der Waals surface area contributed by atoms with Crippen molar-refractivity contribution in [1.82, 2.24) is 15.5 Å². The summed E-state index contributed by atoms with van der Waals surface area (Å²) in [5, 5.41) is 9.50. The van der Waals surface area contributed by atoms with Crippen LogP contribution in [0.1, 0.15) is 31.3 Å². The topological polar surface area (TPSA) is 84.1 Å². The van der Waals surface area contributed by atoms with E-state index in [1.165, 1.54) is 0 Å². The number of nitrogens with one attached hydrogen (secondary N) is 2. The number of halogens is 1. The maximum absolute atomic E-state index is 12.0. The van der Waals surface area contributed by atoms with Gasteiger partial charge < -0.3 is 10.1 Å². The minimum Gasteiger partial charge on any atom is -0.451 e. The molecule has 2 N–H and O–H groups in total. The van der Waals surface area contributed by atoms with Crippen LogP contribution in [0.15, 0.2) is 34.8 Å². The van der Waals surface area contributed by atoms with Crippen LogP contribution in [0, 0.1) is 5.92 Å². The molecule has 2 rings (SSSR count). The number of amides is 1. The molecule has 1 amide bonds. The molecule has 0 aliphatic carbocycles. The van der Waals surface area contributed by atoms with Gasteiger partial charge in [-0.3, -0.25) is 9.89 Å². The molecule has 0 radical (unpaired) electrons. The van der Waals surface area contributed by atoms with Crippen molar-refractivity contribution in [2.75, 3.05) is 6.61 Å². The van der Waals surface area contributed by atoms with Crippen molar-refractivity contribution in [2.45, 2.75) is 26.8 Å². The monoisotopic (exact) mass is 393 g/mol. The predicted molar refractivity (Wildman–Crippen MR) is 94.4 cm³/mol. The molecule has 0 spiro atoms. The molecule has 0 fully saturated rings. The molecule has 1 aromatic carbocycles. The van der Waals surface area contributed by atoms with Gasteiger partial charge in [0.1, 0.15) is 5.69 Å². The number of carbonyl (C=O) groups is 2. The van der Waals surface area contributed by atoms with E-state index in [-0.39, 0.29) is 24.2 Å². The Morgan fingerprint density at radius 2 is 1.92 bits per heavy atom. The van der Waals surface area contributed by atoms with Gasteiger partial charge in [-0.05, 0) is 31.0 Å². The smallest absolute Gasteiger partial charge is 0.356 e.